The van der Waals surface area contributed by atoms with Crippen LogP contribution in [0.1, 0.15) is 26.3 Å². The maximum Gasteiger partial charge on any atom is 0.264 e. The Kier molecular flexibility index (Phi) is 2.63. The first-order valence-electron chi connectivity index (χ1n) is 6.17. The third-order valence-electron chi connectivity index (χ3n) is 3.36. The average molecular weight is 241 g/mol. The van der Waals surface area contributed by atoms with Gasteiger partial charge in [-0.25, -0.2) is 0 Å². The molecule has 0 radical (unpaired) electrons. The van der Waals surface area contributed by atoms with E-state index < -0.39 is 0 Å². The van der Waals surface area contributed by atoms with Crippen molar-refractivity contribution in [3.05, 3.63) is 36.7 Å². The van der Waals surface area contributed by atoms with E-state index >= 15 is 0 Å². The third kappa shape index (κ3) is 1.61. The van der Waals surface area contributed by atoms with Gasteiger partial charge >= 0.3 is 0 Å². The fourth-order valence-corrected chi connectivity index (χ4v) is 2.28. The van der Waals surface area contributed by atoms with Crippen molar-refractivity contribution in [2.75, 3.05) is 0 Å². The van der Waals surface area contributed by atoms with Gasteiger partial charge in [0.1, 0.15) is 5.69 Å². The summed E-state index contributed by atoms with van der Waals surface area (Å²) in [5.74, 6) is 0.575. The van der Waals surface area contributed by atoms with Crippen LogP contribution < -0.4 is 0 Å². The van der Waals surface area contributed by atoms with Crippen LogP contribution in [0.5, 0.6) is 0 Å². The molecule has 0 amide bonds. The summed E-state index contributed by atoms with van der Waals surface area (Å²) >= 11 is 0. The van der Waals surface area contributed by atoms with Crippen LogP contribution in [0.15, 0.2) is 41.1 Å². The van der Waals surface area contributed by atoms with Gasteiger partial charge in [0, 0.05) is 16.9 Å². The standard InChI is InChI=1S/C14H15N3O/c1-3-10(2)17-12-7-5-4-6-11(12)8-13(17)14-16-15-9-18-14/h4-10H,3H2,1-2H3. The molecule has 2 aromatic heterocycles. The second-order valence-electron chi connectivity index (χ2n) is 4.46. The summed E-state index contributed by atoms with van der Waals surface area (Å²) in [5.41, 5.74) is 2.20. The lowest BCUT2D eigenvalue weighted by Crippen LogP contribution is -2.05. The zero-order valence-corrected chi connectivity index (χ0v) is 10.5. The van der Waals surface area contributed by atoms with Crippen molar-refractivity contribution in [3.8, 4) is 11.6 Å². The number of nitrogens with zero attached hydrogens (tertiary/aromatic N) is 3. The summed E-state index contributed by atoms with van der Waals surface area (Å²) in [7, 11) is 0. The van der Waals surface area contributed by atoms with Crippen molar-refractivity contribution in [3.63, 3.8) is 0 Å². The Morgan fingerprint density at radius 1 is 1.33 bits per heavy atom. The molecule has 0 fully saturated rings. The van der Waals surface area contributed by atoms with E-state index in [4.69, 9.17) is 4.42 Å². The summed E-state index contributed by atoms with van der Waals surface area (Å²) in [6.45, 7) is 4.38. The van der Waals surface area contributed by atoms with Crippen LogP contribution in [0, 0.1) is 0 Å². The van der Waals surface area contributed by atoms with E-state index in [1.54, 1.807) is 0 Å². The highest BCUT2D eigenvalue weighted by molar-refractivity contribution is 5.85. The highest BCUT2D eigenvalue weighted by Crippen LogP contribution is 2.31. The van der Waals surface area contributed by atoms with Crippen molar-refractivity contribution in [1.82, 2.24) is 14.8 Å². The first-order chi connectivity index (χ1) is 8.81. The summed E-state index contributed by atoms with van der Waals surface area (Å²) in [6.07, 6.45) is 2.42. The smallest absolute Gasteiger partial charge is 0.264 e. The fourth-order valence-electron chi connectivity index (χ4n) is 2.28. The lowest BCUT2D eigenvalue weighted by Gasteiger charge is -2.15. The van der Waals surface area contributed by atoms with Gasteiger partial charge in [0.15, 0.2) is 0 Å². The Bertz CT molecular complexity index is 655. The summed E-state index contributed by atoms with van der Waals surface area (Å²) < 4.78 is 7.61. The van der Waals surface area contributed by atoms with Gasteiger partial charge in [-0.2, -0.15) is 0 Å². The molecule has 0 bridgehead atoms. The number of hydrogen-bond donors (Lipinski definition) is 0. The number of para-hydroxylation sites is 1. The molecule has 3 rings (SSSR count). The van der Waals surface area contributed by atoms with Gasteiger partial charge in [0.25, 0.3) is 5.89 Å². The van der Waals surface area contributed by atoms with Gasteiger partial charge < -0.3 is 8.98 Å². The summed E-state index contributed by atoms with van der Waals surface area (Å²) in [4.78, 5) is 0. The largest absolute Gasteiger partial charge is 0.422 e. The minimum atomic E-state index is 0.395. The number of rotatable bonds is 3. The van der Waals surface area contributed by atoms with Crippen LogP contribution in [0.25, 0.3) is 22.5 Å². The Balaban J connectivity index is 2.30. The quantitative estimate of drug-likeness (QED) is 0.702. The number of hydrogen-bond acceptors (Lipinski definition) is 3. The molecule has 3 aromatic rings. The first kappa shape index (κ1) is 11.0. The zero-order chi connectivity index (χ0) is 12.5. The Hall–Kier alpha value is -2.10. The minimum absolute atomic E-state index is 0.395. The van der Waals surface area contributed by atoms with Gasteiger partial charge in [-0.15, -0.1) is 10.2 Å². The predicted octanol–water partition coefficient (Wildman–Crippen LogP) is 3.66. The van der Waals surface area contributed by atoms with Crippen LogP contribution >= 0.6 is 0 Å². The van der Waals surface area contributed by atoms with Gasteiger partial charge in [-0.3, -0.25) is 0 Å². The average Bonchev–Trinajstić information content (AvgIpc) is 3.04. The van der Waals surface area contributed by atoms with Gasteiger partial charge in [-0.05, 0) is 25.5 Å². The molecule has 0 aliphatic carbocycles. The second kappa shape index (κ2) is 4.29. The van der Waals surface area contributed by atoms with E-state index in [2.05, 4.69) is 52.9 Å². The minimum Gasteiger partial charge on any atom is -0.422 e. The monoisotopic (exact) mass is 241 g/mol. The molecular weight excluding hydrogens is 226 g/mol. The van der Waals surface area contributed by atoms with E-state index in [-0.39, 0.29) is 0 Å². The number of benzene rings is 1. The van der Waals surface area contributed by atoms with Crippen molar-refractivity contribution in [1.29, 1.82) is 0 Å². The lowest BCUT2D eigenvalue weighted by atomic mass is 10.2. The molecule has 1 unspecified atom stereocenters. The third-order valence-corrected chi connectivity index (χ3v) is 3.36. The van der Waals surface area contributed by atoms with Gasteiger partial charge in [0.2, 0.25) is 6.39 Å². The van der Waals surface area contributed by atoms with Gasteiger partial charge in [0.05, 0.1) is 0 Å². The Morgan fingerprint density at radius 2 is 2.17 bits per heavy atom. The highest BCUT2D eigenvalue weighted by atomic mass is 16.4. The van der Waals surface area contributed by atoms with Crippen LogP contribution in [-0.4, -0.2) is 14.8 Å². The Labute approximate surface area is 105 Å². The fraction of sp³-hybridized carbons (Fsp3) is 0.286. The van der Waals surface area contributed by atoms with E-state index in [9.17, 15) is 0 Å². The second-order valence-corrected chi connectivity index (χ2v) is 4.46. The summed E-state index contributed by atoms with van der Waals surface area (Å²) in [5, 5.41) is 8.99. The molecule has 0 N–H and O–H groups in total. The normalized spacial score (nSPS) is 13.0. The maximum absolute atomic E-state index is 5.34. The van der Waals surface area contributed by atoms with Crippen molar-refractivity contribution in [2.24, 2.45) is 0 Å². The molecule has 92 valence electrons. The van der Waals surface area contributed by atoms with E-state index in [1.807, 2.05) is 6.07 Å². The molecule has 0 spiro atoms. The molecular formula is C14H15N3O. The molecule has 0 saturated heterocycles. The molecule has 0 saturated carbocycles. The van der Waals surface area contributed by atoms with Crippen molar-refractivity contribution >= 4 is 10.9 Å². The Morgan fingerprint density at radius 3 is 2.89 bits per heavy atom. The van der Waals surface area contributed by atoms with Crippen LogP contribution in [0.3, 0.4) is 0 Å². The van der Waals surface area contributed by atoms with E-state index in [1.165, 1.54) is 17.3 Å². The molecule has 4 nitrogen and oxygen atoms in total. The first-order valence-corrected chi connectivity index (χ1v) is 6.17. The van der Waals surface area contributed by atoms with Crippen molar-refractivity contribution in [2.45, 2.75) is 26.3 Å². The number of aromatic nitrogens is 3. The molecule has 0 aliphatic rings. The zero-order valence-electron chi connectivity index (χ0n) is 10.5. The molecule has 4 heteroatoms. The lowest BCUT2D eigenvalue weighted by molar-refractivity contribution is 0.526. The maximum atomic E-state index is 5.34. The SMILES string of the molecule is CCC(C)n1c(-c2nnco2)cc2ccccc21. The van der Waals surface area contributed by atoms with Crippen LogP contribution in [-0.2, 0) is 0 Å². The number of fused-ring (bicyclic) bond motifs is 1. The predicted molar refractivity (Wildman–Crippen MR) is 70.2 cm³/mol. The molecule has 2 heterocycles. The van der Waals surface area contributed by atoms with Crippen molar-refractivity contribution < 1.29 is 4.42 Å². The molecule has 0 aliphatic heterocycles. The molecule has 18 heavy (non-hydrogen) atoms. The molecule has 1 atom stereocenters. The van der Waals surface area contributed by atoms with E-state index in [0.29, 0.717) is 11.9 Å². The highest BCUT2D eigenvalue weighted by Gasteiger charge is 2.17. The van der Waals surface area contributed by atoms with Gasteiger partial charge in [-0.1, -0.05) is 25.1 Å². The van der Waals surface area contributed by atoms with Crippen LogP contribution in [0.4, 0.5) is 0 Å². The summed E-state index contributed by atoms with van der Waals surface area (Å²) in [6, 6.07) is 10.8. The van der Waals surface area contributed by atoms with Crippen LogP contribution in [0.2, 0.25) is 0 Å². The topological polar surface area (TPSA) is 43.9 Å². The molecule has 1 aromatic carbocycles. The van der Waals surface area contributed by atoms with E-state index in [0.717, 1.165) is 12.1 Å².